The lowest BCUT2D eigenvalue weighted by molar-refractivity contribution is 0.0953. The number of hydrogen-bond donors (Lipinski definition) is 2. The van der Waals surface area contributed by atoms with Crippen LogP contribution in [0.1, 0.15) is 47.2 Å². The summed E-state index contributed by atoms with van der Waals surface area (Å²) < 4.78 is 0. The minimum absolute atomic E-state index is 0.0252. The molecule has 0 aromatic heterocycles. The molecule has 0 saturated heterocycles. The van der Waals surface area contributed by atoms with Crippen molar-refractivity contribution in [3.63, 3.8) is 0 Å². The average molecular weight is 258 g/mol. The van der Waals surface area contributed by atoms with E-state index in [1.54, 1.807) is 6.07 Å². The molecule has 2 rings (SSSR count). The Bertz CT molecular complexity index is 518. The normalized spacial score (nSPS) is 14.3. The van der Waals surface area contributed by atoms with Crippen LogP contribution < -0.4 is 11.1 Å². The highest BCUT2D eigenvalue weighted by molar-refractivity contribution is 5.96. The summed E-state index contributed by atoms with van der Waals surface area (Å²) in [6.45, 7) is 4.61. The molecule has 19 heavy (non-hydrogen) atoms. The topological polar surface area (TPSA) is 55.1 Å². The van der Waals surface area contributed by atoms with Gasteiger partial charge < -0.3 is 11.1 Å². The summed E-state index contributed by atoms with van der Waals surface area (Å²) in [4.78, 5) is 12.1. The van der Waals surface area contributed by atoms with Gasteiger partial charge in [0.2, 0.25) is 0 Å². The molecule has 0 heterocycles. The second-order valence-corrected chi connectivity index (χ2v) is 5.28. The number of nitrogen functional groups attached to an aromatic ring is 1. The van der Waals surface area contributed by atoms with Gasteiger partial charge in [-0.15, -0.1) is 0 Å². The fourth-order valence-electron chi connectivity index (χ4n) is 2.51. The number of allylic oxidation sites excluding steroid dienone is 1. The number of rotatable bonds is 4. The summed E-state index contributed by atoms with van der Waals surface area (Å²) in [5.74, 6) is -0.0252. The van der Waals surface area contributed by atoms with Crippen LogP contribution in [-0.4, -0.2) is 12.5 Å². The lowest BCUT2D eigenvalue weighted by atomic mass is 10.0. The first kappa shape index (κ1) is 13.7. The van der Waals surface area contributed by atoms with Gasteiger partial charge in [0.15, 0.2) is 0 Å². The van der Waals surface area contributed by atoms with Crippen LogP contribution in [-0.2, 0) is 0 Å². The number of benzene rings is 1. The smallest absolute Gasteiger partial charge is 0.251 e. The van der Waals surface area contributed by atoms with Gasteiger partial charge >= 0.3 is 0 Å². The Morgan fingerprint density at radius 3 is 2.79 bits per heavy atom. The van der Waals surface area contributed by atoms with Crippen LogP contribution in [0.15, 0.2) is 23.8 Å². The Labute approximate surface area is 114 Å². The van der Waals surface area contributed by atoms with Gasteiger partial charge in [0.25, 0.3) is 5.91 Å². The molecule has 1 aliphatic carbocycles. The molecule has 1 aliphatic rings. The maximum atomic E-state index is 12.1. The monoisotopic (exact) mass is 258 g/mol. The molecule has 0 atom stereocenters. The summed E-state index contributed by atoms with van der Waals surface area (Å²) in [5, 5.41) is 2.98. The van der Waals surface area contributed by atoms with Gasteiger partial charge in [0, 0.05) is 17.8 Å². The molecule has 0 aliphatic heterocycles. The standard InChI is InChI=1S/C16H22N2O/c1-11-9-12(2)15(17)10-14(11)16(19)18-8-7-13-5-3-4-6-13/h5,9-10H,3-4,6-8,17H2,1-2H3,(H,18,19). The molecule has 1 amide bonds. The Kier molecular flexibility index (Phi) is 4.25. The van der Waals surface area contributed by atoms with Crippen molar-refractivity contribution in [2.45, 2.75) is 39.5 Å². The third-order valence-electron chi connectivity index (χ3n) is 3.72. The molecule has 0 fully saturated rings. The minimum Gasteiger partial charge on any atom is -0.398 e. The predicted molar refractivity (Wildman–Crippen MR) is 79.2 cm³/mol. The average Bonchev–Trinajstić information content (AvgIpc) is 2.86. The molecule has 0 spiro atoms. The first-order valence-corrected chi connectivity index (χ1v) is 6.91. The van der Waals surface area contributed by atoms with Crippen molar-refractivity contribution < 1.29 is 4.79 Å². The van der Waals surface area contributed by atoms with E-state index in [2.05, 4.69) is 11.4 Å². The van der Waals surface area contributed by atoms with Crippen LogP contribution in [0.3, 0.4) is 0 Å². The van der Waals surface area contributed by atoms with E-state index in [4.69, 9.17) is 5.73 Å². The van der Waals surface area contributed by atoms with Crippen molar-refractivity contribution in [2.24, 2.45) is 0 Å². The van der Waals surface area contributed by atoms with Crippen molar-refractivity contribution in [3.8, 4) is 0 Å². The molecular formula is C16H22N2O. The number of anilines is 1. The van der Waals surface area contributed by atoms with E-state index < -0.39 is 0 Å². The zero-order chi connectivity index (χ0) is 13.8. The van der Waals surface area contributed by atoms with Crippen molar-refractivity contribution in [2.75, 3.05) is 12.3 Å². The third kappa shape index (κ3) is 3.37. The summed E-state index contributed by atoms with van der Waals surface area (Å²) in [5.41, 5.74) is 10.7. The number of carbonyl (C=O) groups excluding carboxylic acids is 1. The number of carbonyl (C=O) groups is 1. The highest BCUT2D eigenvalue weighted by Crippen LogP contribution is 2.20. The first-order chi connectivity index (χ1) is 9.08. The maximum absolute atomic E-state index is 12.1. The zero-order valence-electron chi connectivity index (χ0n) is 11.8. The van der Waals surface area contributed by atoms with E-state index in [1.165, 1.54) is 24.8 Å². The molecule has 102 valence electrons. The van der Waals surface area contributed by atoms with E-state index in [-0.39, 0.29) is 5.91 Å². The fraction of sp³-hybridized carbons (Fsp3) is 0.438. The van der Waals surface area contributed by atoms with Gasteiger partial charge in [-0.25, -0.2) is 0 Å². The highest BCUT2D eigenvalue weighted by atomic mass is 16.1. The van der Waals surface area contributed by atoms with Crippen LogP contribution in [0.5, 0.6) is 0 Å². The molecule has 0 saturated carbocycles. The van der Waals surface area contributed by atoms with E-state index in [0.717, 1.165) is 17.5 Å². The number of aryl methyl sites for hydroxylation is 2. The maximum Gasteiger partial charge on any atom is 0.251 e. The molecule has 1 aromatic rings. The van der Waals surface area contributed by atoms with Crippen molar-refractivity contribution in [1.29, 1.82) is 0 Å². The van der Waals surface area contributed by atoms with Gasteiger partial charge in [0.1, 0.15) is 0 Å². The third-order valence-corrected chi connectivity index (χ3v) is 3.72. The van der Waals surface area contributed by atoms with E-state index in [1.807, 2.05) is 19.9 Å². The summed E-state index contributed by atoms with van der Waals surface area (Å²) >= 11 is 0. The number of hydrogen-bond acceptors (Lipinski definition) is 2. The molecule has 0 unspecified atom stereocenters. The van der Waals surface area contributed by atoms with Gasteiger partial charge in [-0.2, -0.15) is 0 Å². The van der Waals surface area contributed by atoms with Crippen LogP contribution in [0.2, 0.25) is 0 Å². The van der Waals surface area contributed by atoms with Crippen molar-refractivity contribution in [3.05, 3.63) is 40.5 Å². The summed E-state index contributed by atoms with van der Waals surface area (Å²) in [6, 6.07) is 3.73. The lowest BCUT2D eigenvalue weighted by Gasteiger charge is -2.10. The fourth-order valence-corrected chi connectivity index (χ4v) is 2.51. The number of amides is 1. The van der Waals surface area contributed by atoms with Crippen LogP contribution in [0, 0.1) is 13.8 Å². The SMILES string of the molecule is Cc1cc(C)c(C(=O)NCCC2=CCCC2)cc1N. The molecule has 3 nitrogen and oxygen atoms in total. The molecule has 0 bridgehead atoms. The van der Waals surface area contributed by atoms with Crippen molar-refractivity contribution in [1.82, 2.24) is 5.32 Å². The second kappa shape index (κ2) is 5.91. The van der Waals surface area contributed by atoms with Gasteiger partial charge in [-0.1, -0.05) is 17.7 Å². The Morgan fingerprint density at radius 2 is 2.11 bits per heavy atom. The van der Waals surface area contributed by atoms with E-state index in [9.17, 15) is 4.79 Å². The minimum atomic E-state index is -0.0252. The Hall–Kier alpha value is -1.77. The quantitative estimate of drug-likeness (QED) is 0.644. The first-order valence-electron chi connectivity index (χ1n) is 6.91. The molecule has 3 heteroatoms. The zero-order valence-corrected chi connectivity index (χ0v) is 11.8. The van der Waals surface area contributed by atoms with Crippen LogP contribution in [0.25, 0.3) is 0 Å². The Morgan fingerprint density at radius 1 is 1.32 bits per heavy atom. The Balaban J connectivity index is 1.94. The molecule has 1 aromatic carbocycles. The molecular weight excluding hydrogens is 236 g/mol. The number of nitrogens with one attached hydrogen (secondary N) is 1. The van der Waals surface area contributed by atoms with Gasteiger partial charge in [0.05, 0.1) is 0 Å². The molecule has 3 N–H and O–H groups in total. The largest absolute Gasteiger partial charge is 0.398 e. The summed E-state index contributed by atoms with van der Waals surface area (Å²) in [7, 11) is 0. The molecule has 0 radical (unpaired) electrons. The number of nitrogens with two attached hydrogens (primary N) is 1. The van der Waals surface area contributed by atoms with Crippen molar-refractivity contribution >= 4 is 11.6 Å². The lowest BCUT2D eigenvalue weighted by Crippen LogP contribution is -2.25. The van der Waals surface area contributed by atoms with Gasteiger partial charge in [-0.3, -0.25) is 4.79 Å². The summed E-state index contributed by atoms with van der Waals surface area (Å²) in [6.07, 6.45) is 6.90. The van der Waals surface area contributed by atoms with Crippen LogP contribution in [0.4, 0.5) is 5.69 Å². The van der Waals surface area contributed by atoms with Crippen LogP contribution >= 0.6 is 0 Å². The highest BCUT2D eigenvalue weighted by Gasteiger charge is 2.11. The van der Waals surface area contributed by atoms with E-state index in [0.29, 0.717) is 17.8 Å². The van der Waals surface area contributed by atoms with E-state index >= 15 is 0 Å². The predicted octanol–water partition coefficient (Wildman–Crippen LogP) is 3.12. The van der Waals surface area contributed by atoms with Gasteiger partial charge in [-0.05, 0) is 56.7 Å². The second-order valence-electron chi connectivity index (χ2n) is 5.28.